The summed E-state index contributed by atoms with van der Waals surface area (Å²) in [5, 5.41) is 4.11. The lowest BCUT2D eigenvalue weighted by Gasteiger charge is -2.09. The molecule has 92 valence electrons. The van der Waals surface area contributed by atoms with Crippen LogP contribution in [0.15, 0.2) is 52.3 Å². The maximum Gasteiger partial charge on any atom is 0.0658 e. The molecule has 0 aliphatic carbocycles. The number of anilines is 1. The number of nitrogens with one attached hydrogen (secondary N) is 1. The number of benzene rings is 2. The van der Waals surface area contributed by atoms with Crippen molar-refractivity contribution in [2.75, 3.05) is 5.32 Å². The molecule has 0 radical (unpaired) electrons. The summed E-state index contributed by atoms with van der Waals surface area (Å²) in [6, 6.07) is 13.6. The van der Waals surface area contributed by atoms with Crippen molar-refractivity contribution < 1.29 is 0 Å². The fourth-order valence-corrected chi connectivity index (χ4v) is 3.11. The molecule has 1 N–H and O–H groups in total. The summed E-state index contributed by atoms with van der Waals surface area (Å²) in [5.41, 5.74) is 2.21. The van der Waals surface area contributed by atoms with Crippen molar-refractivity contribution in [3.8, 4) is 0 Å². The molecule has 0 bridgehead atoms. The Kier molecular flexibility index (Phi) is 4.89. The van der Waals surface area contributed by atoms with E-state index >= 15 is 0 Å². The van der Waals surface area contributed by atoms with Gasteiger partial charge in [0.25, 0.3) is 0 Å². The minimum atomic E-state index is 0.607. The SMILES string of the molecule is S=CNc1cc(Cl)c(Sc2ccccc2)c(Cl)c1. The minimum Gasteiger partial charge on any atom is -0.353 e. The summed E-state index contributed by atoms with van der Waals surface area (Å²) in [6.45, 7) is 0. The van der Waals surface area contributed by atoms with Crippen LogP contribution in [-0.4, -0.2) is 5.49 Å². The number of hydrogen-bond acceptors (Lipinski definition) is 2. The molecule has 1 nitrogen and oxygen atoms in total. The van der Waals surface area contributed by atoms with E-state index in [1.165, 1.54) is 17.3 Å². The highest BCUT2D eigenvalue weighted by Gasteiger charge is 2.09. The van der Waals surface area contributed by atoms with Crippen LogP contribution in [-0.2, 0) is 0 Å². The first kappa shape index (κ1) is 13.7. The number of thiocarbonyl (C=S) groups is 1. The first-order valence-corrected chi connectivity index (χ1v) is 7.17. The maximum atomic E-state index is 6.23. The van der Waals surface area contributed by atoms with Gasteiger partial charge in [-0.05, 0) is 24.3 Å². The van der Waals surface area contributed by atoms with Gasteiger partial charge in [-0.1, -0.05) is 65.4 Å². The molecule has 0 heterocycles. The van der Waals surface area contributed by atoms with Crippen molar-refractivity contribution in [3.05, 3.63) is 52.5 Å². The van der Waals surface area contributed by atoms with Crippen molar-refractivity contribution in [1.29, 1.82) is 0 Å². The van der Waals surface area contributed by atoms with Crippen molar-refractivity contribution >= 4 is 58.4 Å². The normalized spacial score (nSPS) is 10.1. The van der Waals surface area contributed by atoms with Gasteiger partial charge in [-0.3, -0.25) is 0 Å². The van der Waals surface area contributed by atoms with Crippen LogP contribution in [0, 0.1) is 0 Å². The molecular formula is C13H9Cl2NS2. The van der Waals surface area contributed by atoms with Gasteiger partial charge in [-0.2, -0.15) is 0 Å². The Bertz CT molecular complexity index is 535. The fraction of sp³-hybridized carbons (Fsp3) is 0. The second kappa shape index (κ2) is 6.43. The van der Waals surface area contributed by atoms with Gasteiger partial charge in [-0.15, -0.1) is 0 Å². The van der Waals surface area contributed by atoms with E-state index in [0.717, 1.165) is 15.5 Å². The third-order valence-corrected chi connectivity index (χ3v) is 4.28. The van der Waals surface area contributed by atoms with E-state index in [-0.39, 0.29) is 0 Å². The van der Waals surface area contributed by atoms with E-state index in [9.17, 15) is 0 Å². The lowest BCUT2D eigenvalue weighted by Crippen LogP contribution is -1.92. The molecule has 2 rings (SSSR count). The third kappa shape index (κ3) is 3.39. The molecule has 2 aromatic carbocycles. The lowest BCUT2D eigenvalue weighted by molar-refractivity contribution is 1.40. The first-order valence-electron chi connectivity index (χ1n) is 5.13. The van der Waals surface area contributed by atoms with E-state index in [0.29, 0.717) is 10.0 Å². The molecule has 0 fully saturated rings. The van der Waals surface area contributed by atoms with E-state index in [4.69, 9.17) is 35.4 Å². The van der Waals surface area contributed by atoms with Crippen LogP contribution < -0.4 is 5.32 Å². The smallest absolute Gasteiger partial charge is 0.0658 e. The quantitative estimate of drug-likeness (QED) is 0.747. The minimum absolute atomic E-state index is 0.607. The number of hydrogen-bond donors (Lipinski definition) is 1. The number of halogens is 2. The summed E-state index contributed by atoms with van der Waals surface area (Å²) in [4.78, 5) is 1.94. The summed E-state index contributed by atoms with van der Waals surface area (Å²) in [6.07, 6.45) is 0. The summed E-state index contributed by atoms with van der Waals surface area (Å²) < 4.78 is 0. The van der Waals surface area contributed by atoms with Gasteiger partial charge in [-0.25, -0.2) is 0 Å². The van der Waals surface area contributed by atoms with Crippen LogP contribution in [0.5, 0.6) is 0 Å². The topological polar surface area (TPSA) is 12.0 Å². The third-order valence-electron chi connectivity index (χ3n) is 2.19. The van der Waals surface area contributed by atoms with E-state index in [1.54, 1.807) is 0 Å². The Morgan fingerprint density at radius 3 is 2.22 bits per heavy atom. The van der Waals surface area contributed by atoms with Gasteiger partial charge in [0.05, 0.1) is 15.5 Å². The van der Waals surface area contributed by atoms with Gasteiger partial charge in [0.2, 0.25) is 0 Å². The van der Waals surface area contributed by atoms with E-state index in [2.05, 4.69) is 5.32 Å². The summed E-state index contributed by atoms with van der Waals surface area (Å²) >= 11 is 18.7. The molecule has 0 aliphatic rings. The Morgan fingerprint density at radius 2 is 1.67 bits per heavy atom. The van der Waals surface area contributed by atoms with Crippen molar-refractivity contribution in [2.45, 2.75) is 9.79 Å². The molecular weight excluding hydrogens is 305 g/mol. The highest BCUT2D eigenvalue weighted by atomic mass is 35.5. The van der Waals surface area contributed by atoms with Crippen LogP contribution >= 0.6 is 47.2 Å². The molecule has 0 saturated heterocycles. The van der Waals surface area contributed by atoms with E-state index in [1.807, 2.05) is 42.5 Å². The molecule has 0 aliphatic heterocycles. The van der Waals surface area contributed by atoms with Gasteiger partial charge in [0.15, 0.2) is 0 Å². The second-order valence-electron chi connectivity index (χ2n) is 3.45. The van der Waals surface area contributed by atoms with Gasteiger partial charge < -0.3 is 5.32 Å². The molecule has 2 aromatic rings. The molecule has 5 heteroatoms. The van der Waals surface area contributed by atoms with Crippen molar-refractivity contribution in [2.24, 2.45) is 0 Å². The van der Waals surface area contributed by atoms with Crippen LogP contribution in [0.2, 0.25) is 10.0 Å². The van der Waals surface area contributed by atoms with Crippen LogP contribution in [0.4, 0.5) is 5.69 Å². The monoisotopic (exact) mass is 313 g/mol. The zero-order chi connectivity index (χ0) is 13.0. The standard InChI is InChI=1S/C13H9Cl2NS2/c14-11-6-9(16-8-17)7-12(15)13(11)18-10-4-2-1-3-5-10/h1-8H,(H,16,17). The zero-order valence-corrected chi connectivity index (χ0v) is 12.3. The predicted molar refractivity (Wildman–Crippen MR) is 84.3 cm³/mol. The molecule has 0 unspecified atom stereocenters. The van der Waals surface area contributed by atoms with Gasteiger partial charge >= 0.3 is 0 Å². The average Bonchev–Trinajstić information content (AvgIpc) is 2.36. The molecule has 18 heavy (non-hydrogen) atoms. The van der Waals surface area contributed by atoms with Crippen LogP contribution in [0.25, 0.3) is 0 Å². The Hall–Kier alpha value is -0.740. The first-order chi connectivity index (χ1) is 8.70. The highest BCUT2D eigenvalue weighted by Crippen LogP contribution is 2.40. The molecule has 0 aromatic heterocycles. The summed E-state index contributed by atoms with van der Waals surface area (Å²) in [5.74, 6) is 0. The molecule has 0 amide bonds. The molecule has 0 spiro atoms. The Morgan fingerprint density at radius 1 is 1.06 bits per heavy atom. The second-order valence-corrected chi connectivity index (χ2v) is 5.58. The maximum absolute atomic E-state index is 6.23. The van der Waals surface area contributed by atoms with Gasteiger partial charge in [0, 0.05) is 15.5 Å². The lowest BCUT2D eigenvalue weighted by atomic mass is 10.3. The Balaban J connectivity index is 2.31. The number of rotatable bonds is 4. The molecule has 0 saturated carbocycles. The van der Waals surface area contributed by atoms with Gasteiger partial charge in [0.1, 0.15) is 0 Å². The van der Waals surface area contributed by atoms with Crippen LogP contribution in [0.1, 0.15) is 0 Å². The fourth-order valence-electron chi connectivity index (χ4n) is 1.42. The highest BCUT2D eigenvalue weighted by molar-refractivity contribution is 7.99. The average molecular weight is 314 g/mol. The summed E-state index contributed by atoms with van der Waals surface area (Å²) in [7, 11) is 0. The van der Waals surface area contributed by atoms with Crippen molar-refractivity contribution in [3.63, 3.8) is 0 Å². The largest absolute Gasteiger partial charge is 0.353 e. The van der Waals surface area contributed by atoms with Crippen molar-refractivity contribution in [1.82, 2.24) is 0 Å². The Labute approximate surface area is 125 Å². The van der Waals surface area contributed by atoms with E-state index < -0.39 is 0 Å². The predicted octanol–water partition coefficient (Wildman–Crippen LogP) is 5.51. The van der Waals surface area contributed by atoms with Crippen LogP contribution in [0.3, 0.4) is 0 Å². The molecule has 0 atom stereocenters. The zero-order valence-electron chi connectivity index (χ0n) is 9.19.